The number of nitrogens with one attached hydrogen (secondary N) is 1. The van der Waals surface area contributed by atoms with Crippen LogP contribution in [0.3, 0.4) is 0 Å². The Kier molecular flexibility index (Phi) is 5.76. The SMILES string of the molecule is CCCN(CC(=O)Nc1cc(N)ccc1F)C(C)C. The van der Waals surface area contributed by atoms with Crippen molar-refractivity contribution in [3.63, 3.8) is 0 Å². The van der Waals surface area contributed by atoms with Gasteiger partial charge in [-0.1, -0.05) is 6.92 Å². The van der Waals surface area contributed by atoms with E-state index >= 15 is 0 Å². The zero-order valence-electron chi connectivity index (χ0n) is 11.7. The lowest BCUT2D eigenvalue weighted by Crippen LogP contribution is -2.38. The number of carbonyl (C=O) groups is 1. The summed E-state index contributed by atoms with van der Waals surface area (Å²) in [6.45, 7) is 7.21. The van der Waals surface area contributed by atoms with Gasteiger partial charge in [-0.25, -0.2) is 4.39 Å². The Bertz CT molecular complexity index is 435. The molecule has 0 aromatic heterocycles. The Labute approximate surface area is 113 Å². The van der Waals surface area contributed by atoms with Crippen LogP contribution in [0, 0.1) is 5.82 Å². The van der Waals surface area contributed by atoms with Crippen LogP contribution in [-0.4, -0.2) is 29.9 Å². The van der Waals surface area contributed by atoms with Crippen LogP contribution in [-0.2, 0) is 4.79 Å². The minimum atomic E-state index is -0.478. The summed E-state index contributed by atoms with van der Waals surface area (Å²) < 4.78 is 13.5. The number of halogens is 1. The second-order valence-corrected chi connectivity index (χ2v) is 4.85. The molecule has 4 nitrogen and oxygen atoms in total. The van der Waals surface area contributed by atoms with Crippen molar-refractivity contribution in [3.8, 4) is 0 Å². The van der Waals surface area contributed by atoms with E-state index in [1.807, 2.05) is 18.7 Å². The lowest BCUT2D eigenvalue weighted by Gasteiger charge is -2.25. The molecule has 0 aliphatic rings. The lowest BCUT2D eigenvalue weighted by atomic mass is 10.2. The molecule has 0 fully saturated rings. The van der Waals surface area contributed by atoms with Gasteiger partial charge in [-0.2, -0.15) is 0 Å². The molecule has 1 aromatic rings. The summed E-state index contributed by atoms with van der Waals surface area (Å²) in [6.07, 6.45) is 0.970. The number of hydrogen-bond acceptors (Lipinski definition) is 3. The number of nitrogen functional groups attached to an aromatic ring is 1. The van der Waals surface area contributed by atoms with Gasteiger partial charge in [-0.05, 0) is 45.0 Å². The molecule has 3 N–H and O–H groups in total. The molecule has 0 aliphatic carbocycles. The van der Waals surface area contributed by atoms with Crippen LogP contribution in [0.25, 0.3) is 0 Å². The molecular formula is C14H22FN3O. The first-order valence-electron chi connectivity index (χ1n) is 6.53. The summed E-state index contributed by atoms with van der Waals surface area (Å²) in [6, 6.07) is 4.41. The molecule has 0 unspecified atom stereocenters. The smallest absolute Gasteiger partial charge is 0.238 e. The van der Waals surface area contributed by atoms with Crippen LogP contribution >= 0.6 is 0 Å². The summed E-state index contributed by atoms with van der Waals surface area (Å²) in [4.78, 5) is 13.9. The van der Waals surface area contributed by atoms with Gasteiger partial charge >= 0.3 is 0 Å². The molecule has 0 saturated carbocycles. The number of anilines is 2. The second kappa shape index (κ2) is 7.09. The number of benzene rings is 1. The molecular weight excluding hydrogens is 245 g/mol. The molecule has 0 bridgehead atoms. The maximum atomic E-state index is 13.5. The minimum absolute atomic E-state index is 0.130. The third-order valence-corrected chi connectivity index (χ3v) is 2.85. The van der Waals surface area contributed by atoms with E-state index < -0.39 is 5.82 Å². The van der Waals surface area contributed by atoms with Gasteiger partial charge in [-0.3, -0.25) is 9.69 Å². The molecule has 0 heterocycles. The van der Waals surface area contributed by atoms with E-state index in [-0.39, 0.29) is 24.2 Å². The van der Waals surface area contributed by atoms with Crippen LogP contribution < -0.4 is 11.1 Å². The van der Waals surface area contributed by atoms with E-state index in [1.165, 1.54) is 18.2 Å². The molecule has 0 spiro atoms. The predicted octanol–water partition coefficient (Wildman–Crippen LogP) is 2.47. The average molecular weight is 267 g/mol. The summed E-state index contributed by atoms with van der Waals surface area (Å²) in [5.74, 6) is -0.708. The number of hydrogen-bond donors (Lipinski definition) is 2. The van der Waals surface area contributed by atoms with E-state index in [0.29, 0.717) is 5.69 Å². The van der Waals surface area contributed by atoms with Crippen LogP contribution in [0.4, 0.5) is 15.8 Å². The van der Waals surface area contributed by atoms with Crippen molar-refractivity contribution < 1.29 is 9.18 Å². The first-order chi connectivity index (χ1) is 8.93. The first kappa shape index (κ1) is 15.4. The van der Waals surface area contributed by atoms with Gasteiger partial charge in [0.1, 0.15) is 5.82 Å². The third kappa shape index (κ3) is 4.87. The van der Waals surface area contributed by atoms with Crippen molar-refractivity contribution in [2.45, 2.75) is 33.2 Å². The molecule has 0 aliphatic heterocycles. The van der Waals surface area contributed by atoms with Crippen molar-refractivity contribution in [1.82, 2.24) is 4.90 Å². The normalized spacial score (nSPS) is 11.1. The van der Waals surface area contributed by atoms with E-state index in [4.69, 9.17) is 5.73 Å². The van der Waals surface area contributed by atoms with Crippen LogP contribution in [0.2, 0.25) is 0 Å². The number of carbonyl (C=O) groups excluding carboxylic acids is 1. The minimum Gasteiger partial charge on any atom is -0.399 e. The predicted molar refractivity (Wildman–Crippen MR) is 76.4 cm³/mol. The fourth-order valence-electron chi connectivity index (χ4n) is 1.82. The molecule has 1 rings (SSSR count). The van der Waals surface area contributed by atoms with Crippen LogP contribution in [0.5, 0.6) is 0 Å². The van der Waals surface area contributed by atoms with Gasteiger partial charge < -0.3 is 11.1 Å². The maximum Gasteiger partial charge on any atom is 0.238 e. The summed E-state index contributed by atoms with van der Waals surface area (Å²) in [5.41, 5.74) is 6.12. The molecule has 1 aromatic carbocycles. The summed E-state index contributed by atoms with van der Waals surface area (Å²) in [5, 5.41) is 2.56. The Hall–Kier alpha value is -1.62. The van der Waals surface area contributed by atoms with Gasteiger partial charge in [-0.15, -0.1) is 0 Å². The topological polar surface area (TPSA) is 58.4 Å². The van der Waals surface area contributed by atoms with Gasteiger partial charge in [0.2, 0.25) is 5.91 Å². The molecule has 106 valence electrons. The fraction of sp³-hybridized carbons (Fsp3) is 0.500. The second-order valence-electron chi connectivity index (χ2n) is 4.85. The number of nitrogens with zero attached hydrogens (tertiary/aromatic N) is 1. The van der Waals surface area contributed by atoms with Gasteiger partial charge in [0.15, 0.2) is 0 Å². The maximum absolute atomic E-state index is 13.5. The van der Waals surface area contributed by atoms with Gasteiger partial charge in [0.05, 0.1) is 12.2 Å². The van der Waals surface area contributed by atoms with Crippen molar-refractivity contribution >= 4 is 17.3 Å². The Morgan fingerprint density at radius 2 is 2.16 bits per heavy atom. The molecule has 5 heteroatoms. The zero-order chi connectivity index (χ0) is 14.4. The highest BCUT2D eigenvalue weighted by molar-refractivity contribution is 5.92. The van der Waals surface area contributed by atoms with Crippen molar-refractivity contribution in [2.75, 3.05) is 24.1 Å². The van der Waals surface area contributed by atoms with Crippen LogP contribution in [0.1, 0.15) is 27.2 Å². The Morgan fingerprint density at radius 3 is 2.74 bits per heavy atom. The monoisotopic (exact) mass is 267 g/mol. The zero-order valence-corrected chi connectivity index (χ0v) is 11.7. The Morgan fingerprint density at radius 1 is 1.47 bits per heavy atom. The highest BCUT2D eigenvalue weighted by Crippen LogP contribution is 2.17. The molecule has 19 heavy (non-hydrogen) atoms. The highest BCUT2D eigenvalue weighted by atomic mass is 19.1. The third-order valence-electron chi connectivity index (χ3n) is 2.85. The van der Waals surface area contributed by atoms with E-state index in [9.17, 15) is 9.18 Å². The van der Waals surface area contributed by atoms with Crippen molar-refractivity contribution in [2.24, 2.45) is 0 Å². The van der Waals surface area contributed by atoms with Gasteiger partial charge in [0, 0.05) is 11.7 Å². The molecule has 0 radical (unpaired) electrons. The summed E-state index contributed by atoms with van der Waals surface area (Å²) in [7, 11) is 0. The van der Waals surface area contributed by atoms with Crippen molar-refractivity contribution in [1.29, 1.82) is 0 Å². The number of nitrogens with two attached hydrogens (primary N) is 1. The largest absolute Gasteiger partial charge is 0.399 e. The highest BCUT2D eigenvalue weighted by Gasteiger charge is 2.14. The van der Waals surface area contributed by atoms with E-state index in [1.54, 1.807) is 0 Å². The number of amides is 1. The van der Waals surface area contributed by atoms with E-state index in [2.05, 4.69) is 12.2 Å². The van der Waals surface area contributed by atoms with Crippen molar-refractivity contribution in [3.05, 3.63) is 24.0 Å². The average Bonchev–Trinajstić information content (AvgIpc) is 2.33. The molecule has 1 amide bonds. The molecule has 0 atom stereocenters. The quantitative estimate of drug-likeness (QED) is 0.778. The first-order valence-corrected chi connectivity index (χ1v) is 6.53. The summed E-state index contributed by atoms with van der Waals surface area (Å²) >= 11 is 0. The van der Waals surface area contributed by atoms with Gasteiger partial charge in [0.25, 0.3) is 0 Å². The fourth-order valence-corrected chi connectivity index (χ4v) is 1.82. The Balaban J connectivity index is 2.66. The van der Waals surface area contributed by atoms with Crippen LogP contribution in [0.15, 0.2) is 18.2 Å². The number of rotatable bonds is 6. The lowest BCUT2D eigenvalue weighted by molar-refractivity contribution is -0.117. The standard InChI is InChI=1S/C14H22FN3O/c1-4-7-18(10(2)3)9-14(19)17-13-8-11(16)5-6-12(13)15/h5-6,8,10H,4,7,9,16H2,1-3H3,(H,17,19). The molecule has 0 saturated heterocycles. The van der Waals surface area contributed by atoms with E-state index in [0.717, 1.165) is 13.0 Å².